The van der Waals surface area contributed by atoms with Gasteiger partial charge in [0.2, 0.25) is 0 Å². The zero-order valence-electron chi connectivity index (χ0n) is 13.2. The molecule has 0 unspecified atom stereocenters. The van der Waals surface area contributed by atoms with Crippen molar-refractivity contribution in [2.45, 2.75) is 44.6 Å². The molecule has 0 saturated heterocycles. The maximum absolute atomic E-state index is 12.5. The Morgan fingerprint density at radius 1 is 1.00 bits per heavy atom. The Morgan fingerprint density at radius 2 is 1.52 bits per heavy atom. The lowest BCUT2D eigenvalue weighted by Crippen LogP contribution is -2.59. The number of carbonyl (C=O) groups is 2. The molecular formula is C19H23NO3. The molecule has 1 amide bonds. The summed E-state index contributed by atoms with van der Waals surface area (Å²) in [4.78, 5) is 24.4. The molecule has 5 rings (SSSR count). The highest BCUT2D eigenvalue weighted by Gasteiger charge is 2.56. The quantitative estimate of drug-likeness (QED) is 0.897. The second-order valence-electron chi connectivity index (χ2n) is 7.89. The van der Waals surface area contributed by atoms with Crippen molar-refractivity contribution in [2.24, 2.45) is 23.2 Å². The number of rotatable bonds is 4. The summed E-state index contributed by atoms with van der Waals surface area (Å²) in [5.41, 5.74) is 0.300. The third kappa shape index (κ3) is 2.54. The van der Waals surface area contributed by atoms with Crippen LogP contribution in [0.25, 0.3) is 0 Å². The topological polar surface area (TPSA) is 66.4 Å². The monoisotopic (exact) mass is 313 g/mol. The van der Waals surface area contributed by atoms with Crippen molar-refractivity contribution in [3.63, 3.8) is 0 Å². The first-order valence-electron chi connectivity index (χ1n) is 8.64. The molecule has 2 N–H and O–H groups in total. The number of amides is 1. The van der Waals surface area contributed by atoms with Gasteiger partial charge in [0.05, 0.1) is 0 Å². The van der Waals surface area contributed by atoms with Crippen LogP contribution in [0.1, 0.15) is 48.9 Å². The fourth-order valence-electron chi connectivity index (χ4n) is 5.81. The van der Waals surface area contributed by atoms with Crippen LogP contribution in [0.3, 0.4) is 0 Å². The smallest absolute Gasteiger partial charge is 0.326 e. The zero-order chi connectivity index (χ0) is 16.0. The fourth-order valence-corrected chi connectivity index (χ4v) is 5.81. The molecule has 122 valence electrons. The third-order valence-electron chi connectivity index (χ3n) is 6.26. The highest BCUT2D eigenvalue weighted by atomic mass is 16.4. The van der Waals surface area contributed by atoms with Crippen molar-refractivity contribution in [3.8, 4) is 0 Å². The Labute approximate surface area is 136 Å². The largest absolute Gasteiger partial charge is 0.480 e. The molecule has 1 aromatic carbocycles. The minimum atomic E-state index is -0.878. The molecule has 4 bridgehead atoms. The maximum atomic E-state index is 12.5. The summed E-state index contributed by atoms with van der Waals surface area (Å²) >= 11 is 0. The summed E-state index contributed by atoms with van der Waals surface area (Å²) in [7, 11) is 0. The van der Waals surface area contributed by atoms with Gasteiger partial charge in [0.15, 0.2) is 0 Å². The SMILES string of the molecule is O=C(N[C@@H](C(=O)O)C12CC3CC(CC(C3)C1)C2)c1ccccc1. The van der Waals surface area contributed by atoms with E-state index in [-0.39, 0.29) is 11.3 Å². The van der Waals surface area contributed by atoms with E-state index in [1.165, 1.54) is 19.3 Å². The molecular weight excluding hydrogens is 290 g/mol. The molecule has 0 heterocycles. The summed E-state index contributed by atoms with van der Waals surface area (Å²) in [6.45, 7) is 0. The van der Waals surface area contributed by atoms with Crippen LogP contribution >= 0.6 is 0 Å². The van der Waals surface area contributed by atoms with E-state index >= 15 is 0 Å². The van der Waals surface area contributed by atoms with Gasteiger partial charge < -0.3 is 10.4 Å². The van der Waals surface area contributed by atoms with Gasteiger partial charge in [-0.05, 0) is 68.4 Å². The minimum Gasteiger partial charge on any atom is -0.480 e. The second-order valence-corrected chi connectivity index (χ2v) is 7.89. The van der Waals surface area contributed by atoms with Gasteiger partial charge in [-0.15, -0.1) is 0 Å². The van der Waals surface area contributed by atoms with Gasteiger partial charge in [-0.25, -0.2) is 4.79 Å². The van der Waals surface area contributed by atoms with E-state index in [9.17, 15) is 14.7 Å². The van der Waals surface area contributed by atoms with Crippen molar-refractivity contribution in [1.29, 1.82) is 0 Å². The predicted octanol–water partition coefficient (Wildman–Crippen LogP) is 3.09. The lowest BCUT2D eigenvalue weighted by Gasteiger charge is -2.58. The van der Waals surface area contributed by atoms with Crippen LogP contribution < -0.4 is 5.32 Å². The second kappa shape index (κ2) is 5.36. The van der Waals surface area contributed by atoms with Crippen LogP contribution in [0.5, 0.6) is 0 Å². The van der Waals surface area contributed by atoms with Gasteiger partial charge in [0.1, 0.15) is 6.04 Å². The molecule has 4 heteroatoms. The average molecular weight is 313 g/mol. The highest BCUT2D eigenvalue weighted by molar-refractivity contribution is 5.96. The van der Waals surface area contributed by atoms with Crippen LogP contribution in [0, 0.1) is 23.2 Å². The maximum Gasteiger partial charge on any atom is 0.326 e. The summed E-state index contributed by atoms with van der Waals surface area (Å²) in [6.07, 6.45) is 6.68. The first-order chi connectivity index (χ1) is 11.1. The van der Waals surface area contributed by atoms with E-state index in [0.717, 1.165) is 19.3 Å². The van der Waals surface area contributed by atoms with E-state index in [4.69, 9.17) is 0 Å². The standard InChI is InChI=1S/C19H23NO3/c21-17(15-4-2-1-3-5-15)20-16(18(22)23)19-9-12-6-13(10-19)8-14(7-12)11-19/h1-5,12-14,16H,6-11H2,(H,20,21)(H,22,23)/t12?,13?,14?,16-,19?/m0/s1. The summed E-state index contributed by atoms with van der Waals surface area (Å²) in [6, 6.07) is 8.15. The van der Waals surface area contributed by atoms with Crippen molar-refractivity contribution in [1.82, 2.24) is 5.32 Å². The van der Waals surface area contributed by atoms with E-state index in [0.29, 0.717) is 23.3 Å². The van der Waals surface area contributed by atoms with Gasteiger partial charge in [-0.3, -0.25) is 4.79 Å². The third-order valence-corrected chi connectivity index (χ3v) is 6.26. The van der Waals surface area contributed by atoms with E-state index < -0.39 is 12.0 Å². The lowest BCUT2D eigenvalue weighted by atomic mass is 9.47. The molecule has 4 aliphatic carbocycles. The van der Waals surface area contributed by atoms with Gasteiger partial charge in [0, 0.05) is 11.0 Å². The molecule has 4 fully saturated rings. The van der Waals surface area contributed by atoms with Crippen molar-refractivity contribution in [2.75, 3.05) is 0 Å². The Kier molecular flexibility index (Phi) is 3.43. The number of nitrogens with one attached hydrogen (secondary N) is 1. The lowest BCUT2D eigenvalue weighted by molar-refractivity contribution is -0.150. The van der Waals surface area contributed by atoms with Gasteiger partial charge in [-0.2, -0.15) is 0 Å². The molecule has 4 nitrogen and oxygen atoms in total. The Balaban J connectivity index is 1.59. The number of benzene rings is 1. The number of carbonyl (C=O) groups excluding carboxylic acids is 1. The first-order valence-corrected chi connectivity index (χ1v) is 8.64. The van der Waals surface area contributed by atoms with E-state index in [1.54, 1.807) is 24.3 Å². The molecule has 4 aliphatic rings. The number of aliphatic carboxylic acids is 1. The minimum absolute atomic E-state index is 0.231. The van der Waals surface area contributed by atoms with Crippen molar-refractivity contribution >= 4 is 11.9 Å². The molecule has 0 aromatic heterocycles. The molecule has 1 atom stereocenters. The normalized spacial score (nSPS) is 35.7. The van der Waals surface area contributed by atoms with Gasteiger partial charge >= 0.3 is 5.97 Å². The molecule has 4 saturated carbocycles. The van der Waals surface area contributed by atoms with Crippen LogP contribution in [0.15, 0.2) is 30.3 Å². The Hall–Kier alpha value is -1.84. The Morgan fingerprint density at radius 3 is 2.00 bits per heavy atom. The molecule has 0 radical (unpaired) electrons. The number of hydrogen-bond donors (Lipinski definition) is 2. The molecule has 1 aromatic rings. The fraction of sp³-hybridized carbons (Fsp3) is 0.579. The van der Waals surface area contributed by atoms with Crippen LogP contribution in [-0.2, 0) is 4.79 Å². The number of carboxylic acid groups (broad SMARTS) is 1. The van der Waals surface area contributed by atoms with Crippen molar-refractivity contribution < 1.29 is 14.7 Å². The number of carboxylic acids is 1. The summed E-state index contributed by atoms with van der Waals surface area (Å²) < 4.78 is 0. The highest BCUT2D eigenvalue weighted by Crippen LogP contribution is 2.61. The van der Waals surface area contributed by atoms with E-state index in [2.05, 4.69) is 5.32 Å². The molecule has 23 heavy (non-hydrogen) atoms. The molecule has 0 aliphatic heterocycles. The first kappa shape index (κ1) is 14.7. The van der Waals surface area contributed by atoms with Crippen LogP contribution in [-0.4, -0.2) is 23.0 Å². The predicted molar refractivity (Wildman–Crippen MR) is 85.9 cm³/mol. The van der Waals surface area contributed by atoms with Crippen LogP contribution in [0.2, 0.25) is 0 Å². The summed E-state index contributed by atoms with van der Waals surface area (Å²) in [5.74, 6) is 0.843. The Bertz CT molecular complexity index is 589. The van der Waals surface area contributed by atoms with Crippen LogP contribution in [0.4, 0.5) is 0 Å². The zero-order valence-corrected chi connectivity index (χ0v) is 13.2. The average Bonchev–Trinajstić information content (AvgIpc) is 2.51. The van der Waals surface area contributed by atoms with E-state index in [1.807, 2.05) is 6.07 Å². The number of hydrogen-bond acceptors (Lipinski definition) is 2. The summed E-state index contributed by atoms with van der Waals surface area (Å²) in [5, 5.41) is 12.7. The molecule has 0 spiro atoms. The van der Waals surface area contributed by atoms with Gasteiger partial charge in [-0.1, -0.05) is 18.2 Å². The van der Waals surface area contributed by atoms with Gasteiger partial charge in [0.25, 0.3) is 5.91 Å². The van der Waals surface area contributed by atoms with Crippen molar-refractivity contribution in [3.05, 3.63) is 35.9 Å².